The van der Waals surface area contributed by atoms with Crippen LogP contribution < -0.4 is 9.47 Å². The van der Waals surface area contributed by atoms with E-state index in [4.69, 9.17) is 14.2 Å². The van der Waals surface area contributed by atoms with Gasteiger partial charge in [-0.05, 0) is 44.7 Å². The second-order valence-corrected chi connectivity index (χ2v) is 10.8. The molecule has 182 valence electrons. The van der Waals surface area contributed by atoms with Crippen LogP contribution in [0.1, 0.15) is 51.9 Å². The molecule has 0 aromatic heterocycles. The van der Waals surface area contributed by atoms with Crippen LogP contribution in [0.5, 0.6) is 11.5 Å². The van der Waals surface area contributed by atoms with Crippen LogP contribution in [0, 0.1) is 0 Å². The highest BCUT2D eigenvalue weighted by Crippen LogP contribution is 2.35. The van der Waals surface area contributed by atoms with Crippen LogP contribution in [0.25, 0.3) is 0 Å². The van der Waals surface area contributed by atoms with Crippen molar-refractivity contribution in [2.45, 2.75) is 75.0 Å². The number of nitrogens with zero attached hydrogens (tertiary/aromatic N) is 2. The highest BCUT2D eigenvalue weighted by atomic mass is 32.2. The Morgan fingerprint density at radius 1 is 1.06 bits per heavy atom. The molecule has 0 N–H and O–H groups in total. The van der Waals surface area contributed by atoms with Gasteiger partial charge in [0.05, 0.1) is 4.90 Å². The number of esters is 1. The van der Waals surface area contributed by atoms with Gasteiger partial charge in [-0.2, -0.15) is 4.31 Å². The maximum absolute atomic E-state index is 13.3. The minimum atomic E-state index is -3.95. The standard InChI is InChI=1S/C23H32N2O7S/c1-16(22(26)24(2)17-7-4-3-5-8-17)32-23(27)19-9-6-12-25(19)33(28,29)18-10-11-20-21(15-18)31-14-13-30-20/h10-11,15-17,19H,3-9,12-14H2,1-2H3. The fraction of sp³-hybridized carbons (Fsp3) is 0.652. The lowest BCUT2D eigenvalue weighted by Crippen LogP contribution is -2.47. The third-order valence-electron chi connectivity index (χ3n) is 6.71. The number of ether oxygens (including phenoxy) is 3. The molecular formula is C23H32N2O7S. The van der Waals surface area contributed by atoms with Crippen molar-refractivity contribution in [1.82, 2.24) is 9.21 Å². The summed E-state index contributed by atoms with van der Waals surface area (Å²) >= 11 is 0. The summed E-state index contributed by atoms with van der Waals surface area (Å²) in [5, 5.41) is 0. The molecule has 10 heteroatoms. The number of carbonyl (C=O) groups is 2. The topological polar surface area (TPSA) is 102 Å². The zero-order valence-electron chi connectivity index (χ0n) is 19.2. The molecule has 1 aromatic rings. The van der Waals surface area contributed by atoms with E-state index in [-0.39, 0.29) is 23.4 Å². The second-order valence-electron chi connectivity index (χ2n) is 8.90. The summed E-state index contributed by atoms with van der Waals surface area (Å²) in [6.07, 6.45) is 5.18. The molecule has 2 unspecified atom stereocenters. The van der Waals surface area contributed by atoms with Gasteiger partial charge >= 0.3 is 5.97 Å². The van der Waals surface area contributed by atoms with Gasteiger partial charge in [0.1, 0.15) is 19.3 Å². The molecule has 9 nitrogen and oxygen atoms in total. The summed E-state index contributed by atoms with van der Waals surface area (Å²) in [6, 6.07) is 3.64. The van der Waals surface area contributed by atoms with Gasteiger partial charge in [-0.15, -0.1) is 0 Å². The second kappa shape index (κ2) is 9.89. The Balaban J connectivity index is 1.44. The van der Waals surface area contributed by atoms with Crippen LogP contribution in [-0.2, 0) is 24.3 Å². The predicted octanol–water partition coefficient (Wildman–Crippen LogP) is 2.33. The van der Waals surface area contributed by atoms with E-state index in [2.05, 4.69) is 0 Å². The molecule has 0 bridgehead atoms. The van der Waals surface area contributed by atoms with Crippen molar-refractivity contribution in [2.75, 3.05) is 26.8 Å². The minimum absolute atomic E-state index is 0.0348. The van der Waals surface area contributed by atoms with E-state index in [1.807, 2.05) is 0 Å². The van der Waals surface area contributed by atoms with E-state index in [1.165, 1.54) is 22.9 Å². The van der Waals surface area contributed by atoms with E-state index < -0.39 is 28.1 Å². The molecule has 0 radical (unpaired) electrons. The van der Waals surface area contributed by atoms with Crippen molar-refractivity contribution < 1.29 is 32.2 Å². The summed E-state index contributed by atoms with van der Waals surface area (Å²) in [5.74, 6) is -0.0846. The van der Waals surface area contributed by atoms with Gasteiger partial charge in [-0.3, -0.25) is 9.59 Å². The molecule has 1 saturated carbocycles. The molecule has 2 atom stereocenters. The smallest absolute Gasteiger partial charge is 0.325 e. The molecule has 0 spiro atoms. The van der Waals surface area contributed by atoms with Gasteiger partial charge in [0.25, 0.3) is 5.91 Å². The summed E-state index contributed by atoms with van der Waals surface area (Å²) in [7, 11) is -2.21. The third kappa shape index (κ3) is 4.96. The van der Waals surface area contributed by atoms with Gasteiger partial charge in [-0.1, -0.05) is 19.3 Å². The van der Waals surface area contributed by atoms with Gasteiger partial charge in [-0.25, -0.2) is 8.42 Å². The fourth-order valence-corrected chi connectivity index (χ4v) is 6.48. The molecule has 1 saturated heterocycles. The Kier molecular flexibility index (Phi) is 7.13. The summed E-state index contributed by atoms with van der Waals surface area (Å²) in [6.45, 7) is 2.51. The zero-order valence-corrected chi connectivity index (χ0v) is 20.0. The number of amides is 1. The SMILES string of the molecule is CC(OC(=O)C1CCCN1S(=O)(=O)c1ccc2c(c1)OCCO2)C(=O)N(C)C1CCCCC1. The lowest BCUT2D eigenvalue weighted by Gasteiger charge is -2.33. The maximum Gasteiger partial charge on any atom is 0.325 e. The number of rotatable bonds is 6. The van der Waals surface area contributed by atoms with Crippen molar-refractivity contribution in [2.24, 2.45) is 0 Å². The van der Waals surface area contributed by atoms with E-state index in [9.17, 15) is 18.0 Å². The number of carbonyl (C=O) groups excluding carboxylic acids is 2. The predicted molar refractivity (Wildman–Crippen MR) is 120 cm³/mol. The Labute approximate surface area is 195 Å². The molecule has 1 aromatic carbocycles. The lowest BCUT2D eigenvalue weighted by molar-refractivity contribution is -0.162. The Morgan fingerprint density at radius 3 is 2.48 bits per heavy atom. The Hall–Kier alpha value is -2.33. The van der Waals surface area contributed by atoms with E-state index >= 15 is 0 Å². The monoisotopic (exact) mass is 480 g/mol. The number of hydrogen-bond acceptors (Lipinski definition) is 7. The van der Waals surface area contributed by atoms with Crippen molar-refractivity contribution in [3.63, 3.8) is 0 Å². The number of benzene rings is 1. The van der Waals surface area contributed by atoms with E-state index in [1.54, 1.807) is 24.9 Å². The van der Waals surface area contributed by atoms with Crippen molar-refractivity contribution in [3.8, 4) is 11.5 Å². The molecular weight excluding hydrogens is 448 g/mol. The average Bonchev–Trinajstić information content (AvgIpc) is 3.34. The first-order chi connectivity index (χ1) is 15.8. The van der Waals surface area contributed by atoms with E-state index in [0.717, 1.165) is 25.7 Å². The van der Waals surface area contributed by atoms with Crippen LogP contribution in [-0.4, -0.2) is 74.5 Å². The molecule has 4 rings (SSSR count). The summed E-state index contributed by atoms with van der Waals surface area (Å²) in [5.41, 5.74) is 0. The first kappa shape index (κ1) is 23.8. The number of likely N-dealkylation sites (N-methyl/N-ethyl adjacent to an activating group) is 1. The highest BCUT2D eigenvalue weighted by molar-refractivity contribution is 7.89. The van der Waals surface area contributed by atoms with Gasteiger partial charge in [0.2, 0.25) is 10.0 Å². The van der Waals surface area contributed by atoms with Crippen LogP contribution >= 0.6 is 0 Å². The number of hydrogen-bond donors (Lipinski definition) is 0. The summed E-state index contributed by atoms with van der Waals surface area (Å²) in [4.78, 5) is 27.5. The van der Waals surface area contributed by atoms with Crippen LogP contribution in [0.4, 0.5) is 0 Å². The molecule has 33 heavy (non-hydrogen) atoms. The third-order valence-corrected chi connectivity index (χ3v) is 8.61. The zero-order chi connectivity index (χ0) is 23.6. The Morgan fingerprint density at radius 2 is 1.76 bits per heavy atom. The molecule has 1 amide bonds. The summed E-state index contributed by atoms with van der Waals surface area (Å²) < 4.78 is 44.2. The number of fused-ring (bicyclic) bond motifs is 1. The molecule has 3 aliphatic rings. The van der Waals surface area contributed by atoms with Crippen LogP contribution in [0.3, 0.4) is 0 Å². The molecule has 2 fully saturated rings. The van der Waals surface area contributed by atoms with Crippen molar-refractivity contribution in [1.29, 1.82) is 0 Å². The van der Waals surface area contributed by atoms with E-state index in [0.29, 0.717) is 37.6 Å². The lowest BCUT2D eigenvalue weighted by atomic mass is 9.94. The normalized spacial score (nSPS) is 22.5. The molecule has 1 aliphatic carbocycles. The van der Waals surface area contributed by atoms with Crippen molar-refractivity contribution in [3.05, 3.63) is 18.2 Å². The quantitative estimate of drug-likeness (QED) is 0.576. The number of sulfonamides is 1. The fourth-order valence-electron chi connectivity index (χ4n) is 4.82. The first-order valence-electron chi connectivity index (χ1n) is 11.7. The minimum Gasteiger partial charge on any atom is -0.486 e. The highest BCUT2D eigenvalue weighted by Gasteiger charge is 2.42. The van der Waals surface area contributed by atoms with Gasteiger partial charge in [0.15, 0.2) is 17.6 Å². The molecule has 2 aliphatic heterocycles. The van der Waals surface area contributed by atoms with Gasteiger partial charge < -0.3 is 19.1 Å². The first-order valence-corrected chi connectivity index (χ1v) is 13.1. The average molecular weight is 481 g/mol. The maximum atomic E-state index is 13.3. The van der Waals surface area contributed by atoms with Crippen LogP contribution in [0.15, 0.2) is 23.1 Å². The molecule has 2 heterocycles. The van der Waals surface area contributed by atoms with Gasteiger partial charge in [0, 0.05) is 25.7 Å². The van der Waals surface area contributed by atoms with Crippen molar-refractivity contribution >= 4 is 21.9 Å². The Bertz CT molecular complexity index is 991. The largest absolute Gasteiger partial charge is 0.486 e. The van der Waals surface area contributed by atoms with Crippen LogP contribution in [0.2, 0.25) is 0 Å².